The highest BCUT2D eigenvalue weighted by Gasteiger charge is 2.45. The second-order valence-electron chi connectivity index (χ2n) is 12.3. The molecule has 1 aliphatic carbocycles. The minimum Gasteiger partial charge on any atom is -0.467 e. The number of halogens is 6. The number of methoxy groups -OCH3 is 1. The number of benzene rings is 3. The smallest absolute Gasteiger partial charge is 0.422 e. The zero-order valence-corrected chi connectivity index (χ0v) is 29.7. The fraction of sp³-hybridized carbons (Fsp3) is 0.306. The van der Waals surface area contributed by atoms with Gasteiger partial charge in [-0.2, -0.15) is 28.1 Å². The van der Waals surface area contributed by atoms with Gasteiger partial charge in [-0.05, 0) is 79.8 Å². The molecule has 0 saturated heterocycles. The van der Waals surface area contributed by atoms with E-state index in [1.54, 1.807) is 12.1 Å². The molecule has 13 nitrogen and oxygen atoms in total. The van der Waals surface area contributed by atoms with Crippen LogP contribution in [0.5, 0.6) is 6.01 Å². The Balaban J connectivity index is 1.19. The average molecular weight is 790 g/mol. The summed E-state index contributed by atoms with van der Waals surface area (Å²) >= 11 is 6.02. The quantitative estimate of drug-likeness (QED) is 0.0599. The van der Waals surface area contributed by atoms with Crippen molar-refractivity contribution in [3.05, 3.63) is 100 Å². The van der Waals surface area contributed by atoms with E-state index in [2.05, 4.69) is 36.2 Å². The maximum atomic E-state index is 13.8. The number of hydrogen-bond acceptors (Lipinski definition) is 11. The van der Waals surface area contributed by atoms with Crippen molar-refractivity contribution >= 4 is 52.8 Å². The van der Waals surface area contributed by atoms with E-state index in [1.165, 1.54) is 30.3 Å². The molecule has 1 fully saturated rings. The van der Waals surface area contributed by atoms with Gasteiger partial charge in [0.1, 0.15) is 17.7 Å². The summed E-state index contributed by atoms with van der Waals surface area (Å²) in [6.45, 7) is -1.88. The summed E-state index contributed by atoms with van der Waals surface area (Å²) in [5.74, 6) is -5.42. The Morgan fingerprint density at radius 2 is 1.56 bits per heavy atom. The largest absolute Gasteiger partial charge is 0.467 e. The zero-order chi connectivity index (χ0) is 39.8. The summed E-state index contributed by atoms with van der Waals surface area (Å²) < 4.78 is 76.1. The van der Waals surface area contributed by atoms with Gasteiger partial charge >= 0.3 is 18.2 Å². The van der Waals surface area contributed by atoms with Crippen molar-refractivity contribution in [3.8, 4) is 6.01 Å². The number of alkyl halides is 3. The van der Waals surface area contributed by atoms with Crippen molar-refractivity contribution in [2.45, 2.75) is 49.9 Å². The van der Waals surface area contributed by atoms with Gasteiger partial charge in [-0.1, -0.05) is 29.8 Å². The third-order valence-corrected chi connectivity index (χ3v) is 8.56. The van der Waals surface area contributed by atoms with Crippen molar-refractivity contribution in [2.24, 2.45) is 0 Å². The molecule has 1 heterocycles. The number of aromatic nitrogens is 3. The third kappa shape index (κ3) is 11.3. The highest BCUT2D eigenvalue weighted by molar-refractivity contribution is 6.36. The molecular formula is C36H33ClF5N7O6. The molecule has 1 aliphatic rings. The third-order valence-electron chi connectivity index (χ3n) is 8.31. The predicted octanol–water partition coefficient (Wildman–Crippen LogP) is 5.57. The number of nitrogens with one attached hydrogen (secondary N) is 4. The van der Waals surface area contributed by atoms with Crippen LogP contribution in [0.2, 0.25) is 5.02 Å². The Kier molecular flexibility index (Phi) is 12.8. The molecule has 0 spiro atoms. The first-order chi connectivity index (χ1) is 26.1. The van der Waals surface area contributed by atoms with Crippen LogP contribution in [-0.2, 0) is 31.1 Å². The van der Waals surface area contributed by atoms with Crippen LogP contribution >= 0.6 is 11.6 Å². The standard InChI is InChI=1S/C36H33ClF5N7O6/c1-54-31(53)27(15-18-43-30(52)28(50)14-13-24-25(38)3-2-4-26(24)39)45-29(51)20-5-11-23(12-6-20)44-32-46-33(48-34(47-32)55-19-36(40,41)42)49-35(16-17-35)21-7-9-22(37)10-8-21/h2-12,27H,13-19H2,1H3,(H,43,52)(H,45,51)(H2,44,46,47,48,49)/t27-/m0/s1. The number of Topliss-reactive ketones (excluding diaryl/α,β-unsaturated/α-hetero) is 1. The second kappa shape index (κ2) is 17.5. The van der Waals surface area contributed by atoms with Gasteiger partial charge in [0, 0.05) is 34.8 Å². The monoisotopic (exact) mass is 789 g/mol. The maximum Gasteiger partial charge on any atom is 0.422 e. The number of carbonyl (C=O) groups excluding carboxylic acids is 4. The van der Waals surface area contributed by atoms with E-state index in [1.807, 2.05) is 12.1 Å². The number of ketones is 1. The molecule has 4 N–H and O–H groups in total. The average Bonchev–Trinajstić information content (AvgIpc) is 3.93. The molecule has 0 radical (unpaired) electrons. The molecule has 0 bridgehead atoms. The summed E-state index contributed by atoms with van der Waals surface area (Å²) in [6, 6.07) is 14.1. The number of nitrogens with zero attached hydrogens (tertiary/aromatic N) is 3. The molecule has 19 heteroatoms. The number of anilines is 3. The number of ether oxygens (including phenoxy) is 2. The van der Waals surface area contributed by atoms with E-state index in [9.17, 15) is 41.1 Å². The van der Waals surface area contributed by atoms with Gasteiger partial charge in [-0.15, -0.1) is 0 Å². The van der Waals surface area contributed by atoms with Crippen LogP contribution in [0.25, 0.3) is 0 Å². The fourth-order valence-electron chi connectivity index (χ4n) is 5.29. The van der Waals surface area contributed by atoms with E-state index in [0.717, 1.165) is 24.8 Å². The van der Waals surface area contributed by atoms with Crippen LogP contribution < -0.4 is 26.0 Å². The van der Waals surface area contributed by atoms with Crippen molar-refractivity contribution in [2.75, 3.05) is 30.9 Å². The number of hydrogen-bond donors (Lipinski definition) is 4. The van der Waals surface area contributed by atoms with Crippen LogP contribution in [0.3, 0.4) is 0 Å². The molecule has 1 atom stereocenters. The van der Waals surface area contributed by atoms with Crippen LogP contribution in [0.15, 0.2) is 66.7 Å². The van der Waals surface area contributed by atoms with Crippen molar-refractivity contribution in [1.29, 1.82) is 0 Å². The first-order valence-electron chi connectivity index (χ1n) is 16.6. The van der Waals surface area contributed by atoms with E-state index in [4.69, 9.17) is 21.1 Å². The van der Waals surface area contributed by atoms with Gasteiger partial charge in [-0.3, -0.25) is 14.4 Å². The summed E-state index contributed by atoms with van der Waals surface area (Å²) in [5, 5.41) is 11.4. The lowest BCUT2D eigenvalue weighted by Crippen LogP contribution is -2.44. The Morgan fingerprint density at radius 1 is 0.909 bits per heavy atom. The maximum absolute atomic E-state index is 13.8. The first-order valence-corrected chi connectivity index (χ1v) is 17.0. The zero-order valence-electron chi connectivity index (χ0n) is 28.9. The van der Waals surface area contributed by atoms with Gasteiger partial charge in [0.25, 0.3) is 11.8 Å². The number of carbonyl (C=O) groups is 4. The van der Waals surface area contributed by atoms with Gasteiger partial charge in [0.05, 0.1) is 12.6 Å². The van der Waals surface area contributed by atoms with Crippen LogP contribution in [-0.4, -0.2) is 71.0 Å². The predicted molar refractivity (Wildman–Crippen MR) is 188 cm³/mol. The van der Waals surface area contributed by atoms with Gasteiger partial charge < -0.3 is 30.7 Å². The lowest BCUT2D eigenvalue weighted by molar-refractivity contribution is -0.154. The molecule has 55 heavy (non-hydrogen) atoms. The normalized spacial score (nSPS) is 13.6. The summed E-state index contributed by atoms with van der Waals surface area (Å²) in [5.41, 5.74) is 0.388. The Labute approximate surface area is 315 Å². The SMILES string of the molecule is COC(=O)[C@H](CCNC(=O)C(=O)CCc1c(F)cccc1F)NC(=O)c1ccc(Nc2nc(NC3(c4ccc(Cl)cc4)CC3)nc(OCC(F)(F)F)n2)cc1. The first kappa shape index (κ1) is 40.3. The van der Waals surface area contributed by atoms with Crippen LogP contribution in [0.1, 0.15) is 47.2 Å². The Hall–Kier alpha value is -5.91. The molecule has 1 saturated carbocycles. The molecule has 0 unspecified atom stereocenters. The number of amides is 2. The van der Waals surface area contributed by atoms with Crippen molar-refractivity contribution in [3.63, 3.8) is 0 Å². The highest BCUT2D eigenvalue weighted by Crippen LogP contribution is 2.48. The van der Waals surface area contributed by atoms with E-state index in [0.29, 0.717) is 23.6 Å². The molecule has 290 valence electrons. The minimum absolute atomic E-state index is 0.0505. The van der Waals surface area contributed by atoms with Crippen molar-refractivity contribution < 1.29 is 50.6 Å². The van der Waals surface area contributed by atoms with Crippen molar-refractivity contribution in [1.82, 2.24) is 25.6 Å². The van der Waals surface area contributed by atoms with E-state index >= 15 is 0 Å². The van der Waals surface area contributed by atoms with Gasteiger partial charge in [-0.25, -0.2) is 13.6 Å². The van der Waals surface area contributed by atoms with E-state index < -0.39 is 72.0 Å². The molecule has 0 aliphatic heterocycles. The Bertz CT molecular complexity index is 2010. The highest BCUT2D eigenvalue weighted by atomic mass is 35.5. The van der Waals surface area contributed by atoms with Gasteiger partial charge in [0.2, 0.25) is 17.7 Å². The summed E-state index contributed by atoms with van der Waals surface area (Å²) in [6.07, 6.45) is -4.24. The van der Waals surface area contributed by atoms with Gasteiger partial charge in [0.15, 0.2) is 6.61 Å². The topological polar surface area (TPSA) is 174 Å². The molecular weight excluding hydrogens is 757 g/mol. The Morgan fingerprint density at radius 3 is 2.18 bits per heavy atom. The molecule has 5 rings (SSSR count). The number of esters is 1. The minimum atomic E-state index is -4.65. The molecule has 3 aromatic carbocycles. The second-order valence-corrected chi connectivity index (χ2v) is 12.7. The summed E-state index contributed by atoms with van der Waals surface area (Å²) in [4.78, 5) is 62.2. The summed E-state index contributed by atoms with van der Waals surface area (Å²) in [7, 11) is 1.09. The molecule has 4 aromatic rings. The number of rotatable bonds is 17. The molecule has 1 aromatic heterocycles. The molecule has 2 amide bonds. The lowest BCUT2D eigenvalue weighted by atomic mass is 10.1. The fourth-order valence-corrected chi connectivity index (χ4v) is 5.42. The van der Waals surface area contributed by atoms with Crippen LogP contribution in [0.4, 0.5) is 39.5 Å². The van der Waals surface area contributed by atoms with E-state index in [-0.39, 0.29) is 42.4 Å². The lowest BCUT2D eigenvalue weighted by Gasteiger charge is -2.19. The van der Waals surface area contributed by atoms with Crippen LogP contribution in [0, 0.1) is 11.6 Å².